The Balaban J connectivity index is 2.59. The van der Waals surface area contributed by atoms with Crippen LogP contribution in [0.1, 0.15) is 40.5 Å². The van der Waals surface area contributed by atoms with Gasteiger partial charge in [0, 0.05) is 24.7 Å². The minimum atomic E-state index is -0.138. The van der Waals surface area contributed by atoms with Crippen LogP contribution < -0.4 is 5.73 Å². The standard InChI is InChI=1S/C13H26N2/c1-6-9-15(11-7-8-11)10-12(2,3)13(4,5)14/h6,11H,1,7-10,14H2,2-5H3. The highest BCUT2D eigenvalue weighted by Crippen LogP contribution is 2.34. The van der Waals surface area contributed by atoms with Gasteiger partial charge in [0.05, 0.1) is 0 Å². The van der Waals surface area contributed by atoms with Crippen LogP contribution in [0.25, 0.3) is 0 Å². The number of rotatable bonds is 6. The maximum atomic E-state index is 6.23. The number of hydrogen-bond donors (Lipinski definition) is 1. The van der Waals surface area contributed by atoms with Crippen molar-refractivity contribution in [3.8, 4) is 0 Å². The van der Waals surface area contributed by atoms with E-state index >= 15 is 0 Å². The van der Waals surface area contributed by atoms with Crippen LogP contribution in [0.15, 0.2) is 12.7 Å². The molecule has 1 saturated carbocycles. The van der Waals surface area contributed by atoms with Gasteiger partial charge in [0.1, 0.15) is 0 Å². The van der Waals surface area contributed by atoms with Crippen molar-refractivity contribution in [2.45, 2.75) is 52.1 Å². The van der Waals surface area contributed by atoms with E-state index in [0.717, 1.165) is 19.1 Å². The summed E-state index contributed by atoms with van der Waals surface area (Å²) in [6, 6.07) is 0.782. The lowest BCUT2D eigenvalue weighted by Crippen LogP contribution is -2.53. The molecule has 2 N–H and O–H groups in total. The zero-order valence-corrected chi connectivity index (χ0v) is 10.7. The van der Waals surface area contributed by atoms with Gasteiger partial charge in [0.25, 0.3) is 0 Å². The van der Waals surface area contributed by atoms with E-state index in [9.17, 15) is 0 Å². The first-order valence-electron chi connectivity index (χ1n) is 5.92. The maximum absolute atomic E-state index is 6.23. The van der Waals surface area contributed by atoms with E-state index in [4.69, 9.17) is 5.73 Å². The van der Waals surface area contributed by atoms with Crippen LogP contribution >= 0.6 is 0 Å². The van der Waals surface area contributed by atoms with Gasteiger partial charge < -0.3 is 5.73 Å². The van der Waals surface area contributed by atoms with Crippen LogP contribution in [0.4, 0.5) is 0 Å². The molecule has 1 rings (SSSR count). The van der Waals surface area contributed by atoms with Crippen LogP contribution in [0.3, 0.4) is 0 Å². The highest BCUT2D eigenvalue weighted by molar-refractivity contribution is 4.97. The van der Waals surface area contributed by atoms with Gasteiger partial charge in [-0.1, -0.05) is 19.9 Å². The molecule has 15 heavy (non-hydrogen) atoms. The van der Waals surface area contributed by atoms with Crippen molar-refractivity contribution in [2.75, 3.05) is 13.1 Å². The summed E-state index contributed by atoms with van der Waals surface area (Å²) in [6.45, 7) is 14.6. The summed E-state index contributed by atoms with van der Waals surface area (Å²) < 4.78 is 0. The molecule has 1 aliphatic rings. The van der Waals surface area contributed by atoms with Crippen LogP contribution in [0, 0.1) is 5.41 Å². The van der Waals surface area contributed by atoms with Gasteiger partial charge in [-0.05, 0) is 32.1 Å². The van der Waals surface area contributed by atoms with Gasteiger partial charge in [-0.3, -0.25) is 4.90 Å². The molecule has 2 nitrogen and oxygen atoms in total. The summed E-state index contributed by atoms with van der Waals surface area (Å²) >= 11 is 0. The van der Waals surface area contributed by atoms with Gasteiger partial charge in [-0.25, -0.2) is 0 Å². The van der Waals surface area contributed by atoms with Gasteiger partial charge in [0.15, 0.2) is 0 Å². The monoisotopic (exact) mass is 210 g/mol. The van der Waals surface area contributed by atoms with Crippen molar-refractivity contribution in [2.24, 2.45) is 11.1 Å². The fourth-order valence-electron chi connectivity index (χ4n) is 1.66. The Bertz CT molecular complexity index is 221. The molecule has 2 heteroatoms. The zero-order valence-electron chi connectivity index (χ0n) is 10.7. The molecule has 1 aliphatic carbocycles. The molecular weight excluding hydrogens is 184 g/mol. The van der Waals surface area contributed by atoms with Gasteiger partial charge >= 0.3 is 0 Å². The SMILES string of the molecule is C=CCN(CC(C)(C)C(C)(C)N)C1CC1. The Kier molecular flexibility index (Phi) is 3.62. The molecule has 0 spiro atoms. The van der Waals surface area contributed by atoms with E-state index in [0.29, 0.717) is 0 Å². The Hall–Kier alpha value is -0.340. The normalized spacial score (nSPS) is 18.3. The molecule has 0 aromatic heterocycles. The highest BCUT2D eigenvalue weighted by Gasteiger charge is 2.38. The zero-order chi connectivity index (χ0) is 11.7. The largest absolute Gasteiger partial charge is 0.325 e. The molecule has 0 saturated heterocycles. The number of nitrogens with two attached hydrogens (primary N) is 1. The Morgan fingerprint density at radius 1 is 1.33 bits per heavy atom. The summed E-state index contributed by atoms with van der Waals surface area (Å²) in [4.78, 5) is 2.52. The first-order valence-corrected chi connectivity index (χ1v) is 5.92. The quantitative estimate of drug-likeness (QED) is 0.682. The van der Waals surface area contributed by atoms with E-state index in [1.807, 2.05) is 6.08 Å². The van der Waals surface area contributed by atoms with Crippen LogP contribution in [-0.2, 0) is 0 Å². The lowest BCUT2D eigenvalue weighted by atomic mass is 9.75. The summed E-state index contributed by atoms with van der Waals surface area (Å²) in [5.41, 5.74) is 6.23. The van der Waals surface area contributed by atoms with E-state index in [1.54, 1.807) is 0 Å². The van der Waals surface area contributed by atoms with E-state index in [2.05, 4.69) is 39.2 Å². The van der Waals surface area contributed by atoms with E-state index in [-0.39, 0.29) is 11.0 Å². The minimum Gasteiger partial charge on any atom is -0.325 e. The summed E-state index contributed by atoms with van der Waals surface area (Å²) in [7, 11) is 0. The molecular formula is C13H26N2. The van der Waals surface area contributed by atoms with Gasteiger partial charge in [-0.15, -0.1) is 6.58 Å². The van der Waals surface area contributed by atoms with Crippen molar-refractivity contribution in [1.82, 2.24) is 4.90 Å². The van der Waals surface area contributed by atoms with Crippen LogP contribution in [-0.4, -0.2) is 29.6 Å². The van der Waals surface area contributed by atoms with Gasteiger partial charge in [-0.2, -0.15) is 0 Å². The lowest BCUT2D eigenvalue weighted by molar-refractivity contribution is 0.116. The van der Waals surface area contributed by atoms with Crippen molar-refractivity contribution >= 4 is 0 Å². The molecule has 88 valence electrons. The predicted octanol–water partition coefficient (Wildman–Crippen LogP) is 2.40. The predicted molar refractivity (Wildman–Crippen MR) is 66.8 cm³/mol. The lowest BCUT2D eigenvalue weighted by Gasteiger charge is -2.42. The topological polar surface area (TPSA) is 29.3 Å². The molecule has 0 radical (unpaired) electrons. The van der Waals surface area contributed by atoms with Crippen molar-refractivity contribution < 1.29 is 0 Å². The van der Waals surface area contributed by atoms with Crippen molar-refractivity contribution in [1.29, 1.82) is 0 Å². The van der Waals surface area contributed by atoms with Crippen LogP contribution in [0.2, 0.25) is 0 Å². The molecule has 0 heterocycles. The van der Waals surface area contributed by atoms with E-state index < -0.39 is 0 Å². The van der Waals surface area contributed by atoms with Crippen LogP contribution in [0.5, 0.6) is 0 Å². The molecule has 0 unspecified atom stereocenters. The number of nitrogens with zero attached hydrogens (tertiary/aromatic N) is 1. The molecule has 0 aromatic carbocycles. The summed E-state index contributed by atoms with van der Waals surface area (Å²) in [6.07, 6.45) is 4.68. The second-order valence-corrected chi connectivity index (χ2v) is 6.05. The minimum absolute atomic E-state index is 0.137. The molecule has 1 fully saturated rings. The Labute approximate surface area is 94.5 Å². The number of hydrogen-bond acceptors (Lipinski definition) is 2. The summed E-state index contributed by atoms with van der Waals surface area (Å²) in [5.74, 6) is 0. The maximum Gasteiger partial charge on any atom is 0.0163 e. The molecule has 0 amide bonds. The van der Waals surface area contributed by atoms with Crippen molar-refractivity contribution in [3.05, 3.63) is 12.7 Å². The smallest absolute Gasteiger partial charge is 0.0163 e. The molecule has 0 aromatic rings. The Morgan fingerprint density at radius 3 is 2.20 bits per heavy atom. The molecule has 0 atom stereocenters. The van der Waals surface area contributed by atoms with E-state index in [1.165, 1.54) is 12.8 Å². The molecule has 0 bridgehead atoms. The summed E-state index contributed by atoms with van der Waals surface area (Å²) in [5, 5.41) is 0. The van der Waals surface area contributed by atoms with Crippen molar-refractivity contribution in [3.63, 3.8) is 0 Å². The Morgan fingerprint density at radius 2 is 1.87 bits per heavy atom. The average Bonchev–Trinajstić information content (AvgIpc) is 2.82. The highest BCUT2D eigenvalue weighted by atomic mass is 15.2. The first-order chi connectivity index (χ1) is 6.78. The second kappa shape index (κ2) is 4.26. The second-order valence-electron chi connectivity index (χ2n) is 6.05. The third kappa shape index (κ3) is 3.32. The fraction of sp³-hybridized carbons (Fsp3) is 0.846. The third-order valence-electron chi connectivity index (χ3n) is 3.77. The fourth-order valence-corrected chi connectivity index (χ4v) is 1.66. The average molecular weight is 210 g/mol. The van der Waals surface area contributed by atoms with Gasteiger partial charge in [0.2, 0.25) is 0 Å². The molecule has 0 aliphatic heterocycles. The first kappa shape index (κ1) is 12.7. The third-order valence-corrected chi connectivity index (χ3v) is 3.77.